The fraction of sp³-hybridized carbons (Fsp3) is 0.632. The van der Waals surface area contributed by atoms with Crippen molar-refractivity contribution in [3.63, 3.8) is 0 Å². The van der Waals surface area contributed by atoms with Crippen LogP contribution in [0.25, 0.3) is 11.7 Å². The average molecular weight is 314 g/mol. The van der Waals surface area contributed by atoms with E-state index < -0.39 is 0 Å². The van der Waals surface area contributed by atoms with Gasteiger partial charge in [0, 0.05) is 19.1 Å². The molecule has 4 heteroatoms. The van der Waals surface area contributed by atoms with Gasteiger partial charge in [-0.3, -0.25) is 4.90 Å². The van der Waals surface area contributed by atoms with Gasteiger partial charge in [0.25, 0.3) is 5.89 Å². The van der Waals surface area contributed by atoms with Crippen molar-refractivity contribution < 1.29 is 8.83 Å². The second-order valence-corrected chi connectivity index (χ2v) is 8.62. The van der Waals surface area contributed by atoms with E-state index in [1.165, 1.54) is 25.8 Å². The van der Waals surface area contributed by atoms with Gasteiger partial charge in [0.15, 0.2) is 5.76 Å². The van der Waals surface area contributed by atoms with E-state index in [2.05, 4.69) is 30.7 Å². The Bertz CT molecular complexity index is 701. The summed E-state index contributed by atoms with van der Waals surface area (Å²) in [6.07, 6.45) is 5.58. The van der Waals surface area contributed by atoms with E-state index in [0.29, 0.717) is 28.5 Å². The van der Waals surface area contributed by atoms with Gasteiger partial charge < -0.3 is 8.83 Å². The largest absolute Gasteiger partial charge is 0.459 e. The van der Waals surface area contributed by atoms with Crippen LogP contribution < -0.4 is 0 Å². The van der Waals surface area contributed by atoms with Crippen molar-refractivity contribution in [3.8, 4) is 11.7 Å². The smallest absolute Gasteiger partial charge is 0.263 e. The molecule has 0 aromatic carbocycles. The van der Waals surface area contributed by atoms with Crippen LogP contribution >= 0.6 is 0 Å². The molecule has 2 atom stereocenters. The van der Waals surface area contributed by atoms with Crippen molar-refractivity contribution in [3.05, 3.63) is 29.9 Å². The summed E-state index contributed by atoms with van der Waals surface area (Å²) in [4.78, 5) is 7.30. The molecule has 4 nitrogen and oxygen atoms in total. The summed E-state index contributed by atoms with van der Waals surface area (Å²) in [7, 11) is 0. The van der Waals surface area contributed by atoms with Crippen LogP contribution in [0.2, 0.25) is 0 Å². The number of hydrogen-bond donors (Lipinski definition) is 0. The minimum absolute atomic E-state index is 0.449. The number of furan rings is 1. The standard InChI is InChI=1S/C19H26N2O2/c1-13-15(20-17(23-13)16-6-5-7-22-16)10-21-12-19(4)9-14(21)8-18(2,3)11-19/h5-7,14H,8-12H2,1-4H3/t14-,19-/m1/s1. The van der Waals surface area contributed by atoms with Crippen LogP contribution in [0.3, 0.4) is 0 Å². The SMILES string of the molecule is Cc1oc(-c2ccco2)nc1CN1C[C@]2(C)C[C@H]1CC(C)(C)C2. The third-order valence-electron chi connectivity index (χ3n) is 5.50. The molecule has 0 spiro atoms. The molecule has 0 radical (unpaired) electrons. The molecule has 0 unspecified atom stereocenters. The minimum atomic E-state index is 0.449. The first-order chi connectivity index (χ1) is 10.8. The van der Waals surface area contributed by atoms with Crippen LogP contribution in [0.1, 0.15) is 51.5 Å². The fourth-order valence-electron chi connectivity index (χ4n) is 5.03. The first-order valence-corrected chi connectivity index (χ1v) is 8.58. The Labute approximate surface area is 137 Å². The molecule has 4 rings (SSSR count). The van der Waals surface area contributed by atoms with Crippen molar-refractivity contribution in [2.75, 3.05) is 6.54 Å². The number of rotatable bonds is 3. The molecule has 3 heterocycles. The number of hydrogen-bond acceptors (Lipinski definition) is 4. The van der Waals surface area contributed by atoms with Crippen molar-refractivity contribution in [2.24, 2.45) is 10.8 Å². The lowest BCUT2D eigenvalue weighted by atomic mass is 9.65. The number of aryl methyl sites for hydroxylation is 1. The number of oxazole rings is 1. The molecule has 1 aliphatic heterocycles. The lowest BCUT2D eigenvalue weighted by Gasteiger charge is -2.39. The molecule has 2 bridgehead atoms. The quantitative estimate of drug-likeness (QED) is 0.827. The Balaban J connectivity index is 1.55. The second kappa shape index (κ2) is 4.97. The van der Waals surface area contributed by atoms with Gasteiger partial charge in [0.1, 0.15) is 5.76 Å². The Morgan fingerprint density at radius 3 is 2.87 bits per heavy atom. The van der Waals surface area contributed by atoms with Crippen molar-refractivity contribution in [1.82, 2.24) is 9.88 Å². The zero-order chi connectivity index (χ0) is 16.2. The predicted molar refractivity (Wildman–Crippen MR) is 88.9 cm³/mol. The molecule has 2 aliphatic rings. The Morgan fingerprint density at radius 2 is 2.13 bits per heavy atom. The van der Waals surface area contributed by atoms with Crippen LogP contribution in [-0.2, 0) is 6.54 Å². The Kier molecular flexibility index (Phi) is 3.24. The van der Waals surface area contributed by atoms with E-state index in [-0.39, 0.29) is 0 Å². The summed E-state index contributed by atoms with van der Waals surface area (Å²) >= 11 is 0. The maximum absolute atomic E-state index is 5.82. The molecule has 0 N–H and O–H groups in total. The van der Waals surface area contributed by atoms with E-state index in [4.69, 9.17) is 8.83 Å². The van der Waals surface area contributed by atoms with Crippen LogP contribution in [0, 0.1) is 17.8 Å². The molecule has 0 amide bonds. The van der Waals surface area contributed by atoms with Crippen molar-refractivity contribution in [2.45, 2.75) is 59.5 Å². The highest BCUT2D eigenvalue weighted by Gasteiger charge is 2.49. The highest BCUT2D eigenvalue weighted by atomic mass is 16.4. The zero-order valence-corrected chi connectivity index (χ0v) is 14.6. The molecule has 124 valence electrons. The molecular formula is C19H26N2O2. The lowest BCUT2D eigenvalue weighted by molar-refractivity contribution is 0.126. The van der Waals surface area contributed by atoms with Gasteiger partial charge in [0.2, 0.25) is 0 Å². The van der Waals surface area contributed by atoms with E-state index in [9.17, 15) is 0 Å². The number of aromatic nitrogens is 1. The number of likely N-dealkylation sites (tertiary alicyclic amines) is 1. The molecule has 1 aliphatic carbocycles. The minimum Gasteiger partial charge on any atom is -0.459 e. The third kappa shape index (κ3) is 2.74. The first kappa shape index (κ1) is 15.0. The molecule has 2 fully saturated rings. The topological polar surface area (TPSA) is 42.4 Å². The maximum atomic E-state index is 5.82. The fourth-order valence-corrected chi connectivity index (χ4v) is 5.03. The van der Waals surface area contributed by atoms with Crippen LogP contribution in [0.5, 0.6) is 0 Å². The summed E-state index contributed by atoms with van der Waals surface area (Å²) in [5.74, 6) is 2.20. The van der Waals surface area contributed by atoms with Gasteiger partial charge in [-0.25, -0.2) is 4.98 Å². The summed E-state index contributed by atoms with van der Waals surface area (Å²) in [6, 6.07) is 4.43. The lowest BCUT2D eigenvalue weighted by Crippen LogP contribution is -2.34. The number of fused-ring (bicyclic) bond motifs is 2. The zero-order valence-electron chi connectivity index (χ0n) is 14.6. The molecule has 1 saturated carbocycles. The van der Waals surface area contributed by atoms with Gasteiger partial charge in [-0.05, 0) is 49.1 Å². The van der Waals surface area contributed by atoms with Crippen LogP contribution in [-0.4, -0.2) is 22.5 Å². The summed E-state index contributed by atoms with van der Waals surface area (Å²) in [5.41, 5.74) is 1.95. The molecule has 23 heavy (non-hydrogen) atoms. The van der Waals surface area contributed by atoms with Gasteiger partial charge in [-0.2, -0.15) is 0 Å². The van der Waals surface area contributed by atoms with Crippen molar-refractivity contribution in [1.29, 1.82) is 0 Å². The molecule has 2 aromatic heterocycles. The first-order valence-electron chi connectivity index (χ1n) is 8.58. The summed E-state index contributed by atoms with van der Waals surface area (Å²) < 4.78 is 11.2. The Morgan fingerprint density at radius 1 is 1.30 bits per heavy atom. The van der Waals surface area contributed by atoms with Gasteiger partial charge in [0.05, 0.1) is 12.0 Å². The highest BCUT2D eigenvalue weighted by Crippen LogP contribution is 2.52. The summed E-state index contributed by atoms with van der Waals surface area (Å²) in [5, 5.41) is 0. The van der Waals surface area contributed by atoms with E-state index in [0.717, 1.165) is 18.0 Å². The van der Waals surface area contributed by atoms with Crippen LogP contribution in [0.4, 0.5) is 0 Å². The van der Waals surface area contributed by atoms with Gasteiger partial charge in [-0.15, -0.1) is 0 Å². The second-order valence-electron chi connectivity index (χ2n) is 8.62. The monoisotopic (exact) mass is 314 g/mol. The highest BCUT2D eigenvalue weighted by molar-refractivity contribution is 5.44. The van der Waals surface area contributed by atoms with Crippen LogP contribution in [0.15, 0.2) is 27.2 Å². The number of nitrogens with zero attached hydrogens (tertiary/aromatic N) is 2. The van der Waals surface area contributed by atoms with Crippen molar-refractivity contribution >= 4 is 0 Å². The normalized spacial score (nSPS) is 30.0. The van der Waals surface area contributed by atoms with E-state index >= 15 is 0 Å². The van der Waals surface area contributed by atoms with Gasteiger partial charge in [-0.1, -0.05) is 20.8 Å². The van der Waals surface area contributed by atoms with Gasteiger partial charge >= 0.3 is 0 Å². The molecule has 1 saturated heterocycles. The maximum Gasteiger partial charge on any atom is 0.263 e. The van der Waals surface area contributed by atoms with E-state index in [1.807, 2.05) is 19.1 Å². The predicted octanol–water partition coefficient (Wildman–Crippen LogP) is 4.64. The molecule has 2 aromatic rings. The van der Waals surface area contributed by atoms with E-state index in [1.54, 1.807) is 6.26 Å². The third-order valence-corrected chi connectivity index (χ3v) is 5.50. The summed E-state index contributed by atoms with van der Waals surface area (Å²) in [6.45, 7) is 11.3. The average Bonchev–Trinajstić information content (AvgIpc) is 3.09. The Hall–Kier alpha value is -1.55. The molecular weight excluding hydrogens is 288 g/mol.